The zero-order valence-electron chi connectivity index (χ0n) is 12.7. The van der Waals surface area contributed by atoms with Crippen LogP contribution in [0, 0.1) is 11.8 Å². The first kappa shape index (κ1) is 14.9. The van der Waals surface area contributed by atoms with Crippen molar-refractivity contribution in [1.29, 1.82) is 0 Å². The van der Waals surface area contributed by atoms with Gasteiger partial charge in [-0.1, -0.05) is 50.1 Å². The van der Waals surface area contributed by atoms with Crippen molar-refractivity contribution in [3.63, 3.8) is 0 Å². The molecule has 1 aromatic carbocycles. The standard InChI is InChI=1S/C18H24ClNO/c1-13-11-12-20(16-10-6-5-9-15(13)16)18(21)17(19)14-7-3-2-4-8-14/h2-4,7-8,13,15-17H,5-6,9-12H2,1H3. The summed E-state index contributed by atoms with van der Waals surface area (Å²) in [5, 5.41) is -0.540. The zero-order chi connectivity index (χ0) is 14.8. The van der Waals surface area contributed by atoms with Crippen LogP contribution >= 0.6 is 11.6 Å². The Hall–Kier alpha value is -1.02. The smallest absolute Gasteiger partial charge is 0.245 e. The number of likely N-dealkylation sites (tertiary alicyclic amines) is 1. The molecule has 4 unspecified atom stereocenters. The average Bonchev–Trinajstić information content (AvgIpc) is 2.55. The summed E-state index contributed by atoms with van der Waals surface area (Å²) in [6.45, 7) is 3.22. The molecule has 1 amide bonds. The Morgan fingerprint density at radius 1 is 1.19 bits per heavy atom. The number of nitrogens with zero attached hydrogens (tertiary/aromatic N) is 1. The van der Waals surface area contributed by atoms with Gasteiger partial charge in [-0.25, -0.2) is 0 Å². The van der Waals surface area contributed by atoms with Crippen LogP contribution in [0.25, 0.3) is 0 Å². The fourth-order valence-electron chi connectivity index (χ4n) is 4.10. The Balaban J connectivity index is 1.77. The lowest BCUT2D eigenvalue weighted by Crippen LogP contribution is -2.53. The summed E-state index contributed by atoms with van der Waals surface area (Å²) in [4.78, 5) is 14.9. The van der Waals surface area contributed by atoms with E-state index in [0.29, 0.717) is 12.0 Å². The summed E-state index contributed by atoms with van der Waals surface area (Å²) in [5.41, 5.74) is 0.912. The normalized spacial score (nSPS) is 30.6. The van der Waals surface area contributed by atoms with E-state index in [1.165, 1.54) is 19.3 Å². The molecule has 1 aliphatic heterocycles. The van der Waals surface area contributed by atoms with Gasteiger partial charge in [0.2, 0.25) is 5.91 Å². The quantitative estimate of drug-likeness (QED) is 0.742. The summed E-state index contributed by atoms with van der Waals surface area (Å²) in [5.74, 6) is 1.52. The van der Waals surface area contributed by atoms with Crippen molar-refractivity contribution in [2.75, 3.05) is 6.54 Å². The molecule has 0 spiro atoms. The predicted octanol–water partition coefficient (Wildman–Crippen LogP) is 4.39. The average molecular weight is 306 g/mol. The molecule has 2 aliphatic rings. The van der Waals surface area contributed by atoms with Crippen LogP contribution in [0.1, 0.15) is 50.0 Å². The summed E-state index contributed by atoms with van der Waals surface area (Å²) < 4.78 is 0. The number of amides is 1. The first-order chi connectivity index (χ1) is 10.2. The van der Waals surface area contributed by atoms with E-state index in [-0.39, 0.29) is 5.91 Å². The number of fused-ring (bicyclic) bond motifs is 1. The fraction of sp³-hybridized carbons (Fsp3) is 0.611. The van der Waals surface area contributed by atoms with Crippen LogP contribution in [-0.2, 0) is 4.79 Å². The second-order valence-corrected chi connectivity index (χ2v) is 7.02. The molecule has 1 saturated heterocycles. The molecule has 4 atom stereocenters. The van der Waals surface area contributed by atoms with Crippen molar-refractivity contribution < 1.29 is 4.79 Å². The number of rotatable bonds is 2. The highest BCUT2D eigenvalue weighted by atomic mass is 35.5. The largest absolute Gasteiger partial charge is 0.338 e. The molecule has 1 aliphatic carbocycles. The molecule has 3 heteroatoms. The van der Waals surface area contributed by atoms with E-state index in [1.54, 1.807) is 0 Å². The summed E-state index contributed by atoms with van der Waals surface area (Å²) in [6, 6.07) is 10.2. The molecule has 114 valence electrons. The molecular formula is C18H24ClNO. The predicted molar refractivity (Wildman–Crippen MR) is 86.3 cm³/mol. The minimum Gasteiger partial charge on any atom is -0.338 e. The van der Waals surface area contributed by atoms with Gasteiger partial charge in [-0.15, -0.1) is 11.6 Å². The van der Waals surface area contributed by atoms with Crippen LogP contribution in [0.15, 0.2) is 30.3 Å². The third-order valence-corrected chi connectivity index (χ3v) is 5.77. The Labute approximate surface area is 132 Å². The molecule has 0 aromatic heterocycles. The Morgan fingerprint density at radius 2 is 1.90 bits per heavy atom. The van der Waals surface area contributed by atoms with Crippen LogP contribution in [0.4, 0.5) is 0 Å². The van der Waals surface area contributed by atoms with Gasteiger partial charge in [-0.3, -0.25) is 4.79 Å². The van der Waals surface area contributed by atoms with Gasteiger partial charge < -0.3 is 4.90 Å². The van der Waals surface area contributed by atoms with Crippen molar-refractivity contribution in [1.82, 2.24) is 4.90 Å². The zero-order valence-corrected chi connectivity index (χ0v) is 13.4. The molecule has 1 saturated carbocycles. The third kappa shape index (κ3) is 2.96. The van der Waals surface area contributed by atoms with E-state index in [9.17, 15) is 4.79 Å². The highest BCUT2D eigenvalue weighted by molar-refractivity contribution is 6.30. The van der Waals surface area contributed by atoms with Crippen LogP contribution in [0.5, 0.6) is 0 Å². The number of halogens is 1. The number of hydrogen-bond donors (Lipinski definition) is 0. The molecule has 0 bridgehead atoms. The summed E-state index contributed by atoms with van der Waals surface area (Å²) in [7, 11) is 0. The number of alkyl halides is 1. The van der Waals surface area contributed by atoms with Crippen LogP contribution in [0.2, 0.25) is 0 Å². The van der Waals surface area contributed by atoms with Crippen LogP contribution < -0.4 is 0 Å². The summed E-state index contributed by atoms with van der Waals surface area (Å²) >= 11 is 6.47. The number of carbonyl (C=O) groups excluding carboxylic acids is 1. The van der Waals surface area contributed by atoms with E-state index in [4.69, 9.17) is 11.6 Å². The molecule has 0 N–H and O–H groups in total. The van der Waals surface area contributed by atoms with Gasteiger partial charge in [0.15, 0.2) is 0 Å². The minimum absolute atomic E-state index is 0.103. The van der Waals surface area contributed by atoms with E-state index in [0.717, 1.165) is 30.9 Å². The molecule has 0 radical (unpaired) electrons. The van der Waals surface area contributed by atoms with Crippen molar-refractivity contribution in [3.05, 3.63) is 35.9 Å². The lowest BCUT2D eigenvalue weighted by molar-refractivity contribution is -0.138. The number of hydrogen-bond acceptors (Lipinski definition) is 1. The van der Waals surface area contributed by atoms with Crippen molar-refractivity contribution >= 4 is 17.5 Å². The SMILES string of the molecule is CC1CCN(C(=O)C(Cl)c2ccccc2)C2CCCCC12. The first-order valence-electron chi connectivity index (χ1n) is 8.18. The molecule has 2 fully saturated rings. The molecule has 1 heterocycles. The highest BCUT2D eigenvalue weighted by Gasteiger charge is 2.40. The van der Waals surface area contributed by atoms with E-state index >= 15 is 0 Å². The topological polar surface area (TPSA) is 20.3 Å². The van der Waals surface area contributed by atoms with Crippen molar-refractivity contribution in [3.8, 4) is 0 Å². The summed E-state index contributed by atoms with van der Waals surface area (Å²) in [6.07, 6.45) is 6.10. The van der Waals surface area contributed by atoms with Crippen LogP contribution in [-0.4, -0.2) is 23.4 Å². The maximum absolute atomic E-state index is 12.9. The molecular weight excluding hydrogens is 282 g/mol. The Morgan fingerprint density at radius 3 is 2.67 bits per heavy atom. The van der Waals surface area contributed by atoms with Gasteiger partial charge in [-0.05, 0) is 36.7 Å². The van der Waals surface area contributed by atoms with Gasteiger partial charge in [0.25, 0.3) is 0 Å². The van der Waals surface area contributed by atoms with E-state index < -0.39 is 5.38 Å². The number of piperidine rings is 1. The maximum Gasteiger partial charge on any atom is 0.245 e. The number of carbonyl (C=O) groups is 1. The first-order valence-corrected chi connectivity index (χ1v) is 8.61. The molecule has 3 rings (SSSR count). The van der Waals surface area contributed by atoms with Crippen LogP contribution in [0.3, 0.4) is 0 Å². The fourth-order valence-corrected chi connectivity index (χ4v) is 4.37. The van der Waals surface area contributed by atoms with Gasteiger partial charge in [-0.2, -0.15) is 0 Å². The number of benzene rings is 1. The third-order valence-electron chi connectivity index (χ3n) is 5.33. The second-order valence-electron chi connectivity index (χ2n) is 6.59. The lowest BCUT2D eigenvalue weighted by atomic mass is 9.72. The lowest BCUT2D eigenvalue weighted by Gasteiger charge is -2.47. The van der Waals surface area contributed by atoms with E-state index in [1.807, 2.05) is 30.3 Å². The van der Waals surface area contributed by atoms with Crippen molar-refractivity contribution in [2.24, 2.45) is 11.8 Å². The minimum atomic E-state index is -0.540. The molecule has 21 heavy (non-hydrogen) atoms. The second kappa shape index (κ2) is 6.39. The maximum atomic E-state index is 12.9. The molecule has 1 aromatic rings. The van der Waals surface area contributed by atoms with Gasteiger partial charge >= 0.3 is 0 Å². The highest BCUT2D eigenvalue weighted by Crippen LogP contribution is 2.40. The Kier molecular flexibility index (Phi) is 4.54. The Bertz CT molecular complexity index is 489. The monoisotopic (exact) mass is 305 g/mol. The van der Waals surface area contributed by atoms with Gasteiger partial charge in [0.05, 0.1) is 0 Å². The van der Waals surface area contributed by atoms with E-state index in [2.05, 4.69) is 11.8 Å². The van der Waals surface area contributed by atoms with Crippen molar-refractivity contribution in [2.45, 2.75) is 50.4 Å². The molecule has 2 nitrogen and oxygen atoms in total. The van der Waals surface area contributed by atoms with Gasteiger partial charge in [0.1, 0.15) is 5.38 Å². The van der Waals surface area contributed by atoms with Gasteiger partial charge in [0, 0.05) is 12.6 Å².